The number of hydrogen-bond donors (Lipinski definition) is 1. The summed E-state index contributed by atoms with van der Waals surface area (Å²) < 4.78 is 0. The van der Waals surface area contributed by atoms with E-state index in [1.807, 2.05) is 0 Å². The van der Waals surface area contributed by atoms with E-state index in [0.717, 1.165) is 23.5 Å². The topological polar surface area (TPSA) is 37.8 Å². The van der Waals surface area contributed by atoms with Crippen LogP contribution in [0.1, 0.15) is 51.1 Å². The van der Waals surface area contributed by atoms with E-state index in [1.165, 1.54) is 31.2 Å². The number of fused-ring (bicyclic) bond motifs is 1. The number of benzene rings is 1. The Hall–Kier alpha value is -1.48. The van der Waals surface area contributed by atoms with Crippen molar-refractivity contribution >= 4 is 11.0 Å². The van der Waals surface area contributed by atoms with Crippen LogP contribution < -0.4 is 5.32 Å². The Morgan fingerprint density at radius 1 is 1.24 bits per heavy atom. The number of hydrogen-bond acceptors (Lipinski definition) is 3. The van der Waals surface area contributed by atoms with Gasteiger partial charge in [-0.25, -0.2) is 0 Å². The van der Waals surface area contributed by atoms with Crippen LogP contribution in [-0.2, 0) is 0 Å². The molecule has 0 saturated heterocycles. The Labute approximate surface area is 127 Å². The first kappa shape index (κ1) is 14.5. The van der Waals surface area contributed by atoms with Gasteiger partial charge in [0.1, 0.15) is 0 Å². The molecule has 21 heavy (non-hydrogen) atoms. The van der Waals surface area contributed by atoms with Gasteiger partial charge in [-0.15, -0.1) is 0 Å². The van der Waals surface area contributed by atoms with E-state index < -0.39 is 0 Å². The molecule has 1 aromatic heterocycles. The molecule has 2 aromatic rings. The molecule has 1 fully saturated rings. The zero-order valence-electron chi connectivity index (χ0n) is 13.0. The third-order valence-electron chi connectivity index (χ3n) is 4.74. The van der Waals surface area contributed by atoms with Gasteiger partial charge in [0, 0.05) is 18.4 Å². The van der Waals surface area contributed by atoms with E-state index in [2.05, 4.69) is 47.3 Å². The monoisotopic (exact) mass is 283 g/mol. The molecule has 1 heterocycles. The molecule has 3 atom stereocenters. The molecular weight excluding hydrogens is 258 g/mol. The predicted octanol–water partition coefficient (Wildman–Crippen LogP) is 4.11. The van der Waals surface area contributed by atoms with Crippen LogP contribution in [0.25, 0.3) is 11.0 Å². The third-order valence-corrected chi connectivity index (χ3v) is 4.74. The molecule has 0 bridgehead atoms. The first-order chi connectivity index (χ1) is 10.3. The van der Waals surface area contributed by atoms with Crippen LogP contribution in [0.2, 0.25) is 0 Å². The van der Waals surface area contributed by atoms with Crippen LogP contribution in [0.15, 0.2) is 30.6 Å². The highest BCUT2D eigenvalue weighted by molar-refractivity contribution is 5.78. The fourth-order valence-electron chi connectivity index (χ4n) is 3.80. The standard InChI is InChI=1S/C18H25N3/c1-3-19-17(14-7-4-6-13(2)12-14)15-8-5-9-16-18(15)21-11-10-20-16/h5,8-11,13-14,17,19H,3-4,6-7,12H2,1-2H3. The van der Waals surface area contributed by atoms with E-state index in [0.29, 0.717) is 12.0 Å². The van der Waals surface area contributed by atoms with Crippen LogP contribution in [0.3, 0.4) is 0 Å². The highest BCUT2D eigenvalue weighted by atomic mass is 14.9. The van der Waals surface area contributed by atoms with Gasteiger partial charge >= 0.3 is 0 Å². The van der Waals surface area contributed by atoms with Crippen molar-refractivity contribution in [2.45, 2.75) is 45.6 Å². The van der Waals surface area contributed by atoms with Gasteiger partial charge in [0.25, 0.3) is 0 Å². The zero-order valence-corrected chi connectivity index (χ0v) is 13.0. The van der Waals surface area contributed by atoms with Gasteiger partial charge in [0.15, 0.2) is 0 Å². The van der Waals surface area contributed by atoms with Crippen molar-refractivity contribution in [1.29, 1.82) is 0 Å². The zero-order chi connectivity index (χ0) is 14.7. The summed E-state index contributed by atoms with van der Waals surface area (Å²) in [5.74, 6) is 1.55. The van der Waals surface area contributed by atoms with Crippen LogP contribution >= 0.6 is 0 Å². The second-order valence-corrected chi connectivity index (χ2v) is 6.34. The number of para-hydroxylation sites is 1. The van der Waals surface area contributed by atoms with Crippen molar-refractivity contribution in [3.05, 3.63) is 36.2 Å². The predicted molar refractivity (Wildman–Crippen MR) is 87.1 cm³/mol. The number of nitrogens with zero attached hydrogens (tertiary/aromatic N) is 2. The van der Waals surface area contributed by atoms with Crippen molar-refractivity contribution < 1.29 is 0 Å². The molecule has 0 spiro atoms. The Balaban J connectivity index is 1.98. The maximum Gasteiger partial charge on any atom is 0.0934 e. The molecule has 1 N–H and O–H groups in total. The van der Waals surface area contributed by atoms with Gasteiger partial charge in [0.05, 0.1) is 11.0 Å². The Morgan fingerprint density at radius 2 is 2.10 bits per heavy atom. The smallest absolute Gasteiger partial charge is 0.0934 e. The largest absolute Gasteiger partial charge is 0.310 e. The number of nitrogens with one attached hydrogen (secondary N) is 1. The van der Waals surface area contributed by atoms with Gasteiger partial charge in [-0.05, 0) is 42.9 Å². The average Bonchev–Trinajstić information content (AvgIpc) is 2.52. The summed E-state index contributed by atoms with van der Waals surface area (Å²) in [6.07, 6.45) is 8.94. The Bertz CT molecular complexity index is 591. The summed E-state index contributed by atoms with van der Waals surface area (Å²) in [6, 6.07) is 6.79. The van der Waals surface area contributed by atoms with Gasteiger partial charge < -0.3 is 5.32 Å². The molecule has 1 aromatic carbocycles. The molecule has 112 valence electrons. The highest BCUT2D eigenvalue weighted by Gasteiger charge is 2.28. The van der Waals surface area contributed by atoms with Crippen molar-refractivity contribution in [2.75, 3.05) is 6.54 Å². The Morgan fingerprint density at radius 3 is 2.90 bits per heavy atom. The lowest BCUT2D eigenvalue weighted by Gasteiger charge is -2.34. The van der Waals surface area contributed by atoms with Crippen LogP contribution in [0.4, 0.5) is 0 Å². The van der Waals surface area contributed by atoms with Gasteiger partial charge in [-0.2, -0.15) is 0 Å². The second-order valence-electron chi connectivity index (χ2n) is 6.34. The molecule has 3 unspecified atom stereocenters. The van der Waals surface area contributed by atoms with Gasteiger partial charge in [-0.3, -0.25) is 9.97 Å². The minimum Gasteiger partial charge on any atom is -0.310 e. The summed E-state index contributed by atoms with van der Waals surface area (Å²) in [4.78, 5) is 9.05. The van der Waals surface area contributed by atoms with E-state index in [4.69, 9.17) is 0 Å². The maximum atomic E-state index is 4.60. The van der Waals surface area contributed by atoms with E-state index >= 15 is 0 Å². The molecule has 3 rings (SSSR count). The van der Waals surface area contributed by atoms with Crippen LogP contribution in [-0.4, -0.2) is 16.5 Å². The number of rotatable bonds is 4. The highest BCUT2D eigenvalue weighted by Crippen LogP contribution is 2.38. The summed E-state index contributed by atoms with van der Waals surface area (Å²) in [7, 11) is 0. The third kappa shape index (κ3) is 3.08. The van der Waals surface area contributed by atoms with Crippen molar-refractivity contribution in [1.82, 2.24) is 15.3 Å². The number of aromatic nitrogens is 2. The molecule has 0 radical (unpaired) electrons. The van der Waals surface area contributed by atoms with Gasteiger partial charge in [0.2, 0.25) is 0 Å². The van der Waals surface area contributed by atoms with Crippen LogP contribution in [0, 0.1) is 11.8 Å². The van der Waals surface area contributed by atoms with Crippen molar-refractivity contribution in [3.8, 4) is 0 Å². The van der Waals surface area contributed by atoms with Crippen LogP contribution in [0.5, 0.6) is 0 Å². The second kappa shape index (κ2) is 6.52. The maximum absolute atomic E-state index is 4.60. The minimum atomic E-state index is 0.401. The fraction of sp³-hybridized carbons (Fsp3) is 0.556. The first-order valence-electron chi connectivity index (χ1n) is 8.22. The summed E-state index contributed by atoms with van der Waals surface area (Å²) in [6.45, 7) is 5.57. The van der Waals surface area contributed by atoms with Gasteiger partial charge in [-0.1, -0.05) is 38.8 Å². The summed E-state index contributed by atoms with van der Waals surface area (Å²) in [5, 5.41) is 3.71. The molecule has 1 saturated carbocycles. The lowest BCUT2D eigenvalue weighted by atomic mass is 9.76. The van der Waals surface area contributed by atoms with Crippen molar-refractivity contribution in [2.24, 2.45) is 11.8 Å². The molecule has 3 nitrogen and oxygen atoms in total. The molecular formula is C18H25N3. The summed E-state index contributed by atoms with van der Waals surface area (Å²) >= 11 is 0. The fourth-order valence-corrected chi connectivity index (χ4v) is 3.80. The van der Waals surface area contributed by atoms with E-state index in [9.17, 15) is 0 Å². The molecule has 3 heteroatoms. The average molecular weight is 283 g/mol. The Kier molecular flexibility index (Phi) is 4.49. The molecule has 1 aliphatic carbocycles. The SMILES string of the molecule is CCNC(c1cccc2nccnc12)C1CCCC(C)C1. The van der Waals surface area contributed by atoms with E-state index in [1.54, 1.807) is 12.4 Å². The lowest BCUT2D eigenvalue weighted by molar-refractivity contribution is 0.226. The summed E-state index contributed by atoms with van der Waals surface area (Å²) in [5.41, 5.74) is 3.38. The minimum absolute atomic E-state index is 0.401. The molecule has 0 aliphatic heterocycles. The first-order valence-corrected chi connectivity index (χ1v) is 8.22. The molecule has 0 amide bonds. The quantitative estimate of drug-likeness (QED) is 0.917. The normalized spacial score (nSPS) is 24.1. The lowest BCUT2D eigenvalue weighted by Crippen LogP contribution is -2.31. The van der Waals surface area contributed by atoms with Crippen molar-refractivity contribution in [3.63, 3.8) is 0 Å². The van der Waals surface area contributed by atoms with E-state index in [-0.39, 0.29) is 0 Å². The molecule has 1 aliphatic rings.